The van der Waals surface area contributed by atoms with E-state index in [-0.39, 0.29) is 11.4 Å². The summed E-state index contributed by atoms with van der Waals surface area (Å²) in [6.45, 7) is 5.56. The van der Waals surface area contributed by atoms with Gasteiger partial charge in [0.1, 0.15) is 0 Å². The minimum absolute atomic E-state index is 0.102. The Morgan fingerprint density at radius 2 is 2.00 bits per heavy atom. The van der Waals surface area contributed by atoms with Gasteiger partial charge in [0.05, 0.1) is 0 Å². The summed E-state index contributed by atoms with van der Waals surface area (Å²) in [6, 6.07) is 0. The Bertz CT molecular complexity index is 104. The molecule has 0 saturated carbocycles. The van der Waals surface area contributed by atoms with Gasteiger partial charge in [0, 0.05) is 0 Å². The minimum atomic E-state index is -0.330. The fourth-order valence-corrected chi connectivity index (χ4v) is 0.724. The molecule has 0 fully saturated rings. The number of carbonyl (C=O) groups is 1. The summed E-state index contributed by atoms with van der Waals surface area (Å²) in [4.78, 5) is 10.9. The second-order valence-electron chi connectivity index (χ2n) is 2.85. The van der Waals surface area contributed by atoms with Crippen molar-refractivity contribution in [1.29, 1.82) is 0 Å². The maximum absolute atomic E-state index is 10.9. The molecule has 0 spiro atoms. The summed E-state index contributed by atoms with van der Waals surface area (Å²) in [5.41, 5.74) is -0.330. The van der Waals surface area contributed by atoms with Gasteiger partial charge in [-0.3, -0.25) is 0 Å². The van der Waals surface area contributed by atoms with Crippen molar-refractivity contribution in [3.05, 3.63) is 0 Å². The number of hydrogen-bond acceptors (Lipinski definition) is 2. The van der Waals surface area contributed by atoms with Crippen LogP contribution in [0.4, 0.5) is 0 Å². The van der Waals surface area contributed by atoms with Gasteiger partial charge in [-0.1, -0.05) is 0 Å². The van der Waals surface area contributed by atoms with Gasteiger partial charge in [0.15, 0.2) is 0 Å². The van der Waals surface area contributed by atoms with E-state index in [0.29, 0.717) is 4.62 Å². The van der Waals surface area contributed by atoms with Crippen molar-refractivity contribution in [2.75, 3.05) is 4.62 Å². The molecule has 0 N–H and O–H groups in total. The third-order valence-corrected chi connectivity index (χ3v) is 1.30. The molecule has 0 aliphatic rings. The molecule has 2 radical (unpaired) electrons. The Balaban J connectivity index is 3.74. The second-order valence-corrected chi connectivity index (χ2v) is 3.80. The zero-order chi connectivity index (χ0) is 7.49. The summed E-state index contributed by atoms with van der Waals surface area (Å²) in [5.74, 6) is -0.102. The first-order valence-electron chi connectivity index (χ1n) is 2.86. The molecule has 2 nitrogen and oxygen atoms in total. The molecular weight excluding hydrogens is 223 g/mol. The first-order chi connectivity index (χ1) is 3.98. The molecule has 0 unspecified atom stereocenters. The summed E-state index contributed by atoms with van der Waals surface area (Å²) >= 11 is 0.984. The first-order valence-corrected chi connectivity index (χ1v) is 5.19. The topological polar surface area (TPSA) is 26.3 Å². The van der Waals surface area contributed by atoms with Crippen molar-refractivity contribution in [2.45, 2.75) is 20.8 Å². The van der Waals surface area contributed by atoms with E-state index in [4.69, 9.17) is 4.74 Å². The van der Waals surface area contributed by atoms with Crippen LogP contribution < -0.4 is 0 Å². The molecule has 0 aromatic carbocycles. The van der Waals surface area contributed by atoms with Crippen molar-refractivity contribution in [1.82, 2.24) is 0 Å². The summed E-state index contributed by atoms with van der Waals surface area (Å²) in [6.07, 6.45) is 0. The Hall–Kier alpha value is 0.269. The van der Waals surface area contributed by atoms with Crippen LogP contribution in [0.3, 0.4) is 0 Å². The molecular formula is C6H12O2Sn. The molecule has 0 atom stereocenters. The Labute approximate surface area is 69.0 Å². The second kappa shape index (κ2) is 3.44. The fraction of sp³-hybridized carbons (Fsp3) is 0.833. The quantitative estimate of drug-likeness (QED) is 0.486. The zero-order valence-corrected chi connectivity index (χ0v) is 9.40. The van der Waals surface area contributed by atoms with E-state index in [9.17, 15) is 4.79 Å². The van der Waals surface area contributed by atoms with Gasteiger partial charge < -0.3 is 0 Å². The first kappa shape index (κ1) is 9.27. The van der Waals surface area contributed by atoms with E-state index in [1.54, 1.807) is 0 Å². The summed E-state index contributed by atoms with van der Waals surface area (Å²) < 4.78 is 5.42. The zero-order valence-electron chi connectivity index (χ0n) is 6.10. The van der Waals surface area contributed by atoms with Gasteiger partial charge in [-0.05, 0) is 0 Å². The number of ether oxygens (including phenoxy) is 1. The van der Waals surface area contributed by atoms with E-state index in [2.05, 4.69) is 0 Å². The van der Waals surface area contributed by atoms with Crippen LogP contribution in [-0.2, 0) is 9.53 Å². The van der Waals surface area contributed by atoms with Crippen molar-refractivity contribution in [2.24, 2.45) is 5.41 Å². The summed E-state index contributed by atoms with van der Waals surface area (Å²) in [7, 11) is 0. The number of esters is 1. The molecule has 0 rings (SSSR count). The average molecular weight is 235 g/mol. The van der Waals surface area contributed by atoms with Crippen molar-refractivity contribution < 1.29 is 9.53 Å². The molecule has 0 heterocycles. The van der Waals surface area contributed by atoms with Gasteiger partial charge in [-0.25, -0.2) is 0 Å². The molecule has 0 bridgehead atoms. The predicted molar refractivity (Wildman–Crippen MR) is 37.6 cm³/mol. The Morgan fingerprint density at radius 3 is 2.11 bits per heavy atom. The fourth-order valence-electron chi connectivity index (χ4n) is 0.292. The number of rotatable bonds is 1. The van der Waals surface area contributed by atoms with Gasteiger partial charge >= 0.3 is 68.8 Å². The van der Waals surface area contributed by atoms with Crippen LogP contribution in [0.25, 0.3) is 0 Å². The van der Waals surface area contributed by atoms with Crippen LogP contribution in [0.1, 0.15) is 20.8 Å². The number of hydrogen-bond donors (Lipinski definition) is 0. The van der Waals surface area contributed by atoms with Crippen LogP contribution in [0, 0.1) is 5.41 Å². The van der Waals surface area contributed by atoms with Gasteiger partial charge in [0.25, 0.3) is 0 Å². The van der Waals surface area contributed by atoms with E-state index in [1.165, 1.54) is 0 Å². The molecule has 0 saturated heterocycles. The molecule has 3 heteroatoms. The molecule has 9 heavy (non-hydrogen) atoms. The van der Waals surface area contributed by atoms with Crippen molar-refractivity contribution in [3.63, 3.8) is 0 Å². The van der Waals surface area contributed by atoms with Crippen LogP contribution in [-0.4, -0.2) is 33.1 Å². The van der Waals surface area contributed by atoms with Crippen molar-refractivity contribution in [3.8, 4) is 0 Å². The van der Waals surface area contributed by atoms with Crippen LogP contribution >= 0.6 is 0 Å². The van der Waals surface area contributed by atoms with Crippen LogP contribution in [0.15, 0.2) is 0 Å². The van der Waals surface area contributed by atoms with E-state index in [1.807, 2.05) is 20.8 Å². The molecule has 0 aliphatic heterocycles. The monoisotopic (exact) mass is 236 g/mol. The van der Waals surface area contributed by atoms with Crippen LogP contribution in [0.5, 0.6) is 0 Å². The Kier molecular flexibility index (Phi) is 3.54. The van der Waals surface area contributed by atoms with E-state index < -0.39 is 0 Å². The SMILES string of the molecule is CC(C)(C)C(=O)O[CH2][SnH]. The molecule has 0 aromatic heterocycles. The van der Waals surface area contributed by atoms with Gasteiger partial charge in [-0.2, -0.15) is 0 Å². The summed E-state index contributed by atoms with van der Waals surface area (Å²) in [5, 5.41) is 0. The molecule has 52 valence electrons. The van der Waals surface area contributed by atoms with Crippen molar-refractivity contribution >= 4 is 28.5 Å². The third-order valence-electron chi connectivity index (χ3n) is 0.827. The normalized spacial score (nSPS) is 11.1. The molecule has 0 aliphatic carbocycles. The average Bonchev–Trinajstić information content (AvgIpc) is 1.64. The van der Waals surface area contributed by atoms with E-state index in [0.717, 1.165) is 22.5 Å². The molecule has 0 amide bonds. The Morgan fingerprint density at radius 1 is 1.56 bits per heavy atom. The third kappa shape index (κ3) is 3.78. The van der Waals surface area contributed by atoms with Gasteiger partial charge in [0.2, 0.25) is 0 Å². The molecule has 0 aromatic rings. The number of carbonyl (C=O) groups excluding carboxylic acids is 1. The van der Waals surface area contributed by atoms with Crippen LogP contribution in [0.2, 0.25) is 0 Å². The predicted octanol–water partition coefficient (Wildman–Crippen LogP) is 0.434. The maximum atomic E-state index is 10.9. The standard InChI is InChI=1S/C6H11O2.Sn.H/c1-6(2,3)5(7)8-4;;/h4H2,1-3H3;;. The van der Waals surface area contributed by atoms with E-state index >= 15 is 0 Å². The van der Waals surface area contributed by atoms with Gasteiger partial charge in [-0.15, -0.1) is 0 Å².